The summed E-state index contributed by atoms with van der Waals surface area (Å²) in [4.78, 5) is 12.4. The van der Waals surface area contributed by atoms with Crippen LogP contribution in [0.5, 0.6) is 0 Å². The van der Waals surface area contributed by atoms with Gasteiger partial charge in [0.05, 0.1) is 11.1 Å². The summed E-state index contributed by atoms with van der Waals surface area (Å²) in [5.74, 6) is 0.210. The summed E-state index contributed by atoms with van der Waals surface area (Å²) in [7, 11) is 0. The zero-order chi connectivity index (χ0) is 11.9. The largest absolute Gasteiger partial charge is 0.324 e. The fourth-order valence-electron chi connectivity index (χ4n) is 3.23. The van der Waals surface area contributed by atoms with Crippen molar-refractivity contribution in [3.05, 3.63) is 28.2 Å². The van der Waals surface area contributed by atoms with Crippen LogP contribution in [0.2, 0.25) is 0 Å². The Morgan fingerprint density at radius 1 is 1.12 bits per heavy atom. The van der Waals surface area contributed by atoms with Gasteiger partial charge in [0, 0.05) is 4.47 Å². The van der Waals surface area contributed by atoms with E-state index in [2.05, 4.69) is 27.3 Å². The number of rotatable bonds is 0. The van der Waals surface area contributed by atoms with Gasteiger partial charge in [-0.3, -0.25) is 4.79 Å². The number of para-hydroxylation sites is 1. The molecule has 0 saturated heterocycles. The predicted molar refractivity (Wildman–Crippen MR) is 72.2 cm³/mol. The van der Waals surface area contributed by atoms with Gasteiger partial charge in [-0.1, -0.05) is 37.8 Å². The number of carbonyl (C=O) groups excluding carboxylic acids is 1. The summed E-state index contributed by atoms with van der Waals surface area (Å²) in [6.45, 7) is 0. The highest BCUT2D eigenvalue weighted by atomic mass is 79.9. The van der Waals surface area contributed by atoms with Gasteiger partial charge in [0.1, 0.15) is 0 Å². The molecule has 1 fully saturated rings. The first-order valence-corrected chi connectivity index (χ1v) is 7.14. The molecule has 0 bridgehead atoms. The Hall–Kier alpha value is -0.830. The number of anilines is 1. The first-order valence-electron chi connectivity index (χ1n) is 6.34. The molecule has 0 atom stereocenters. The van der Waals surface area contributed by atoms with Crippen molar-refractivity contribution in [2.75, 3.05) is 5.32 Å². The van der Waals surface area contributed by atoms with E-state index in [1.54, 1.807) is 0 Å². The highest BCUT2D eigenvalue weighted by Crippen LogP contribution is 2.48. The predicted octanol–water partition coefficient (Wildman–Crippen LogP) is 3.99. The molecule has 3 rings (SSSR count). The molecule has 1 aliphatic carbocycles. The number of hydrogen-bond donors (Lipinski definition) is 1. The number of carbonyl (C=O) groups is 1. The van der Waals surface area contributed by atoms with E-state index >= 15 is 0 Å². The fourth-order valence-corrected chi connectivity index (χ4v) is 3.70. The third-order valence-corrected chi connectivity index (χ3v) is 4.82. The number of benzene rings is 1. The Morgan fingerprint density at radius 2 is 1.82 bits per heavy atom. The fraction of sp³-hybridized carbons (Fsp3) is 0.500. The van der Waals surface area contributed by atoms with Gasteiger partial charge in [-0.25, -0.2) is 0 Å². The SMILES string of the molecule is O=C1Nc2c(Br)cccc2C12CCCCCC2. The van der Waals surface area contributed by atoms with Gasteiger partial charge in [0.2, 0.25) is 5.91 Å². The van der Waals surface area contributed by atoms with Crippen LogP contribution in [-0.4, -0.2) is 5.91 Å². The molecular weight excluding hydrogens is 278 g/mol. The van der Waals surface area contributed by atoms with Gasteiger partial charge < -0.3 is 5.32 Å². The van der Waals surface area contributed by atoms with Gasteiger partial charge in [0.15, 0.2) is 0 Å². The third kappa shape index (κ3) is 1.63. The lowest BCUT2D eigenvalue weighted by molar-refractivity contribution is -0.121. The van der Waals surface area contributed by atoms with Crippen LogP contribution in [0.3, 0.4) is 0 Å². The first kappa shape index (κ1) is 11.3. The average molecular weight is 294 g/mol. The molecule has 1 aliphatic heterocycles. The van der Waals surface area contributed by atoms with Crippen molar-refractivity contribution in [2.45, 2.75) is 43.9 Å². The first-order chi connectivity index (χ1) is 8.24. The van der Waals surface area contributed by atoms with Crippen molar-refractivity contribution in [3.8, 4) is 0 Å². The number of hydrogen-bond acceptors (Lipinski definition) is 1. The van der Waals surface area contributed by atoms with Gasteiger partial charge in [-0.2, -0.15) is 0 Å². The van der Waals surface area contributed by atoms with Crippen molar-refractivity contribution < 1.29 is 4.79 Å². The van der Waals surface area contributed by atoms with Gasteiger partial charge >= 0.3 is 0 Å². The minimum Gasteiger partial charge on any atom is -0.324 e. The molecule has 0 radical (unpaired) electrons. The second-order valence-corrected chi connectivity index (χ2v) is 5.97. The summed E-state index contributed by atoms with van der Waals surface area (Å²) in [6, 6.07) is 6.15. The lowest BCUT2D eigenvalue weighted by Gasteiger charge is -2.25. The highest BCUT2D eigenvalue weighted by molar-refractivity contribution is 9.10. The Balaban J connectivity index is 2.12. The van der Waals surface area contributed by atoms with Gasteiger partial charge in [-0.05, 0) is 40.4 Å². The maximum Gasteiger partial charge on any atom is 0.235 e. The molecule has 2 aliphatic rings. The van der Waals surface area contributed by atoms with E-state index < -0.39 is 0 Å². The Labute approximate surface area is 110 Å². The molecule has 3 heteroatoms. The Morgan fingerprint density at radius 3 is 2.53 bits per heavy atom. The normalized spacial score (nSPS) is 22.1. The van der Waals surface area contributed by atoms with E-state index in [1.165, 1.54) is 31.2 Å². The van der Waals surface area contributed by atoms with E-state index in [0.717, 1.165) is 23.0 Å². The number of halogens is 1. The molecule has 1 saturated carbocycles. The Bertz CT molecular complexity index is 461. The topological polar surface area (TPSA) is 29.1 Å². The molecular formula is C14H16BrNO. The van der Waals surface area contributed by atoms with Crippen molar-refractivity contribution >= 4 is 27.5 Å². The van der Waals surface area contributed by atoms with Crippen LogP contribution in [-0.2, 0) is 10.2 Å². The molecule has 1 aromatic carbocycles. The monoisotopic (exact) mass is 293 g/mol. The van der Waals surface area contributed by atoms with Gasteiger partial charge in [-0.15, -0.1) is 0 Å². The zero-order valence-corrected chi connectivity index (χ0v) is 11.3. The van der Waals surface area contributed by atoms with E-state index in [-0.39, 0.29) is 11.3 Å². The maximum absolute atomic E-state index is 12.4. The summed E-state index contributed by atoms with van der Waals surface area (Å²) in [5, 5.41) is 3.07. The second-order valence-electron chi connectivity index (χ2n) is 5.11. The van der Waals surface area contributed by atoms with Crippen LogP contribution in [0.4, 0.5) is 5.69 Å². The minimum atomic E-state index is -0.240. The highest BCUT2D eigenvalue weighted by Gasteiger charge is 2.46. The smallest absolute Gasteiger partial charge is 0.235 e. The van der Waals surface area contributed by atoms with E-state index in [9.17, 15) is 4.79 Å². The van der Waals surface area contributed by atoms with Crippen LogP contribution in [0.25, 0.3) is 0 Å². The molecule has 1 amide bonds. The van der Waals surface area contributed by atoms with Crippen molar-refractivity contribution in [1.29, 1.82) is 0 Å². The maximum atomic E-state index is 12.4. The van der Waals surface area contributed by atoms with Crippen LogP contribution >= 0.6 is 15.9 Å². The molecule has 1 aromatic rings. The van der Waals surface area contributed by atoms with E-state index in [1.807, 2.05) is 12.1 Å². The van der Waals surface area contributed by atoms with Crippen LogP contribution < -0.4 is 5.32 Å². The number of amides is 1. The van der Waals surface area contributed by atoms with Crippen molar-refractivity contribution in [3.63, 3.8) is 0 Å². The Kier molecular flexibility index (Phi) is 2.74. The minimum absolute atomic E-state index is 0.210. The van der Waals surface area contributed by atoms with Crippen molar-refractivity contribution in [2.24, 2.45) is 0 Å². The number of nitrogens with one attached hydrogen (secondary N) is 1. The molecule has 2 nitrogen and oxygen atoms in total. The molecule has 1 N–H and O–H groups in total. The van der Waals surface area contributed by atoms with E-state index in [4.69, 9.17) is 0 Å². The van der Waals surface area contributed by atoms with Crippen LogP contribution in [0.15, 0.2) is 22.7 Å². The van der Waals surface area contributed by atoms with E-state index in [0.29, 0.717) is 0 Å². The summed E-state index contributed by atoms with van der Waals surface area (Å²) in [5.41, 5.74) is 1.97. The molecule has 0 aromatic heterocycles. The van der Waals surface area contributed by atoms with Gasteiger partial charge in [0.25, 0.3) is 0 Å². The van der Waals surface area contributed by atoms with Crippen LogP contribution in [0, 0.1) is 0 Å². The summed E-state index contributed by atoms with van der Waals surface area (Å²) < 4.78 is 1.00. The standard InChI is InChI=1S/C14H16BrNO/c15-11-7-5-6-10-12(11)16-13(17)14(10)8-3-1-2-4-9-14/h5-7H,1-4,8-9H2,(H,16,17). The van der Waals surface area contributed by atoms with Crippen molar-refractivity contribution in [1.82, 2.24) is 0 Å². The lowest BCUT2D eigenvalue weighted by Crippen LogP contribution is -2.33. The molecule has 0 unspecified atom stereocenters. The summed E-state index contributed by atoms with van der Waals surface area (Å²) >= 11 is 3.53. The molecule has 17 heavy (non-hydrogen) atoms. The quantitative estimate of drug-likeness (QED) is 0.770. The average Bonchev–Trinajstić information content (AvgIpc) is 2.52. The lowest BCUT2D eigenvalue weighted by atomic mass is 9.75. The zero-order valence-electron chi connectivity index (χ0n) is 9.76. The van der Waals surface area contributed by atoms with Crippen LogP contribution in [0.1, 0.15) is 44.1 Å². The third-order valence-electron chi connectivity index (χ3n) is 4.16. The second kappa shape index (κ2) is 4.13. The number of fused-ring (bicyclic) bond motifs is 2. The molecule has 1 heterocycles. The molecule has 90 valence electrons. The summed E-state index contributed by atoms with van der Waals surface area (Å²) in [6.07, 6.45) is 6.86. The molecule has 1 spiro atoms.